The van der Waals surface area contributed by atoms with Gasteiger partial charge < -0.3 is 14.5 Å². The minimum Gasteiger partial charge on any atom is -0.482 e. The number of aromatic amines is 1. The van der Waals surface area contributed by atoms with Crippen molar-refractivity contribution in [1.82, 2.24) is 9.97 Å². The molecule has 0 aliphatic rings. The number of H-pyrrole nitrogens is 1. The van der Waals surface area contributed by atoms with Gasteiger partial charge in [0.2, 0.25) is 0 Å². The monoisotopic (exact) mass is 407 g/mol. The fourth-order valence-corrected chi connectivity index (χ4v) is 3.54. The summed E-state index contributed by atoms with van der Waals surface area (Å²) >= 11 is 1.35. The van der Waals surface area contributed by atoms with Gasteiger partial charge in [0.25, 0.3) is 5.91 Å². The van der Waals surface area contributed by atoms with Gasteiger partial charge in [0.15, 0.2) is 11.7 Å². The van der Waals surface area contributed by atoms with Crippen LogP contribution in [0.25, 0.3) is 22.2 Å². The van der Waals surface area contributed by atoms with Gasteiger partial charge in [-0.3, -0.25) is 10.1 Å². The van der Waals surface area contributed by atoms with E-state index in [1.807, 2.05) is 35.8 Å². The molecule has 0 saturated heterocycles. The van der Waals surface area contributed by atoms with Gasteiger partial charge in [-0.1, -0.05) is 24.3 Å². The molecule has 0 fully saturated rings. The number of fused-ring (bicyclic) bond motifs is 1. The van der Waals surface area contributed by atoms with Crippen molar-refractivity contribution in [2.45, 2.75) is 0 Å². The zero-order chi connectivity index (χ0) is 20.2. The smallest absolute Gasteiger partial charge is 0.343 e. The number of aromatic nitrogens is 2. The molecular weight excluding hydrogens is 390 g/mol. The molecule has 1 amide bonds. The third-order valence-electron chi connectivity index (χ3n) is 4.27. The maximum atomic E-state index is 12.6. The number of rotatable bonds is 6. The number of anilines is 1. The van der Waals surface area contributed by atoms with Crippen molar-refractivity contribution in [2.75, 3.05) is 19.0 Å². The first-order valence-electron chi connectivity index (χ1n) is 8.77. The van der Waals surface area contributed by atoms with Crippen LogP contribution in [0.5, 0.6) is 5.75 Å². The highest BCUT2D eigenvalue weighted by Crippen LogP contribution is 2.31. The summed E-state index contributed by atoms with van der Waals surface area (Å²) in [6.45, 7) is -0.220. The average molecular weight is 407 g/mol. The van der Waals surface area contributed by atoms with E-state index < -0.39 is 5.97 Å². The van der Waals surface area contributed by atoms with Gasteiger partial charge in [-0.2, -0.15) is 0 Å². The Hall–Kier alpha value is -3.65. The Morgan fingerprint density at radius 1 is 1.17 bits per heavy atom. The number of nitrogens with one attached hydrogen (secondary N) is 2. The minimum atomic E-state index is -0.493. The van der Waals surface area contributed by atoms with Crippen LogP contribution in [0, 0.1) is 0 Å². The van der Waals surface area contributed by atoms with E-state index in [9.17, 15) is 9.59 Å². The average Bonchev–Trinajstić information content (AvgIpc) is 3.38. The van der Waals surface area contributed by atoms with Crippen LogP contribution in [-0.2, 0) is 9.53 Å². The van der Waals surface area contributed by atoms with E-state index >= 15 is 0 Å². The fraction of sp³-hybridized carbons (Fsp3) is 0.0952. The molecule has 0 spiro atoms. The van der Waals surface area contributed by atoms with Crippen LogP contribution in [-0.4, -0.2) is 35.6 Å². The van der Waals surface area contributed by atoms with Crippen molar-refractivity contribution in [1.29, 1.82) is 0 Å². The Labute approximate surface area is 170 Å². The summed E-state index contributed by atoms with van der Waals surface area (Å²) in [6.07, 6.45) is 1.91. The van der Waals surface area contributed by atoms with E-state index in [0.29, 0.717) is 16.4 Å². The summed E-state index contributed by atoms with van der Waals surface area (Å²) in [7, 11) is 1.29. The van der Waals surface area contributed by atoms with Crippen LogP contribution in [0.3, 0.4) is 0 Å². The maximum Gasteiger partial charge on any atom is 0.343 e. The topological polar surface area (TPSA) is 93.3 Å². The molecule has 0 unspecified atom stereocenters. The lowest BCUT2D eigenvalue weighted by atomic mass is 10.1. The van der Waals surface area contributed by atoms with Crippen molar-refractivity contribution >= 4 is 39.2 Å². The number of nitrogens with zero attached hydrogens (tertiary/aromatic N) is 1. The second kappa shape index (κ2) is 8.15. The van der Waals surface area contributed by atoms with Gasteiger partial charge in [0.1, 0.15) is 5.75 Å². The number of ether oxygens (including phenoxy) is 2. The van der Waals surface area contributed by atoms with Gasteiger partial charge in [0, 0.05) is 33.6 Å². The SMILES string of the molecule is COC(=O)COc1cccc(C(=O)Nc2nc(-c3c[nH]c4ccccc34)cs2)c1. The van der Waals surface area contributed by atoms with Gasteiger partial charge in [0.05, 0.1) is 12.8 Å². The predicted molar refractivity (Wildman–Crippen MR) is 111 cm³/mol. The number of para-hydroxylation sites is 1. The van der Waals surface area contributed by atoms with Crippen molar-refractivity contribution in [3.8, 4) is 17.0 Å². The van der Waals surface area contributed by atoms with E-state index in [0.717, 1.165) is 22.2 Å². The summed E-state index contributed by atoms with van der Waals surface area (Å²) in [6, 6.07) is 14.5. The standard InChI is InChI=1S/C21H17N3O4S/c1-27-19(25)11-28-14-6-4-5-13(9-14)20(26)24-21-23-18(12-29-21)16-10-22-17-8-3-2-7-15(16)17/h2-10,12,22H,11H2,1H3,(H,23,24,26). The van der Waals surface area contributed by atoms with E-state index in [1.54, 1.807) is 24.3 Å². The van der Waals surface area contributed by atoms with Crippen LogP contribution in [0.2, 0.25) is 0 Å². The van der Waals surface area contributed by atoms with E-state index in [1.165, 1.54) is 18.4 Å². The lowest BCUT2D eigenvalue weighted by molar-refractivity contribution is -0.142. The van der Waals surface area contributed by atoms with Crippen LogP contribution in [0.1, 0.15) is 10.4 Å². The molecule has 0 atom stereocenters. The lowest BCUT2D eigenvalue weighted by Crippen LogP contribution is -2.14. The molecule has 4 rings (SSSR count). The highest BCUT2D eigenvalue weighted by atomic mass is 32.1. The molecule has 0 bridgehead atoms. The summed E-state index contributed by atoms with van der Waals surface area (Å²) < 4.78 is 9.86. The Balaban J connectivity index is 1.48. The number of methoxy groups -OCH3 is 1. The normalized spacial score (nSPS) is 10.7. The molecule has 2 aromatic heterocycles. The number of hydrogen-bond acceptors (Lipinski definition) is 6. The van der Waals surface area contributed by atoms with Crippen LogP contribution >= 0.6 is 11.3 Å². The third kappa shape index (κ3) is 4.12. The molecule has 7 nitrogen and oxygen atoms in total. The Bertz CT molecular complexity index is 1180. The summed E-state index contributed by atoms with van der Waals surface area (Å²) in [5.41, 5.74) is 3.20. The van der Waals surface area contributed by atoms with Crippen molar-refractivity contribution in [3.63, 3.8) is 0 Å². The molecule has 0 aliphatic carbocycles. The quantitative estimate of drug-likeness (QED) is 0.470. The fourth-order valence-electron chi connectivity index (χ4n) is 2.84. The first kappa shape index (κ1) is 18.7. The number of amides is 1. The van der Waals surface area contributed by atoms with Crippen molar-refractivity contribution in [2.24, 2.45) is 0 Å². The second-order valence-electron chi connectivity index (χ2n) is 6.13. The molecule has 0 saturated carbocycles. The largest absolute Gasteiger partial charge is 0.482 e. The minimum absolute atomic E-state index is 0.220. The van der Waals surface area contributed by atoms with Crippen molar-refractivity contribution in [3.05, 3.63) is 65.7 Å². The van der Waals surface area contributed by atoms with E-state index in [4.69, 9.17) is 4.74 Å². The number of thiazole rings is 1. The summed E-state index contributed by atoms with van der Waals surface area (Å²) in [5, 5.41) is 6.28. The highest BCUT2D eigenvalue weighted by Gasteiger charge is 2.13. The first-order chi connectivity index (χ1) is 14.1. The first-order valence-corrected chi connectivity index (χ1v) is 9.65. The molecular formula is C21H17N3O4S. The highest BCUT2D eigenvalue weighted by molar-refractivity contribution is 7.14. The molecule has 2 N–H and O–H groups in total. The molecule has 2 heterocycles. The number of benzene rings is 2. The number of carbonyl (C=O) groups is 2. The van der Waals surface area contributed by atoms with Crippen LogP contribution in [0.4, 0.5) is 5.13 Å². The summed E-state index contributed by atoms with van der Waals surface area (Å²) in [4.78, 5) is 31.5. The van der Waals surface area contributed by atoms with Crippen molar-refractivity contribution < 1.29 is 19.1 Å². The van der Waals surface area contributed by atoms with Crippen LogP contribution < -0.4 is 10.1 Å². The zero-order valence-corrected chi connectivity index (χ0v) is 16.3. The van der Waals surface area contributed by atoms with Gasteiger partial charge in [-0.25, -0.2) is 9.78 Å². The van der Waals surface area contributed by atoms with E-state index in [-0.39, 0.29) is 12.5 Å². The number of carbonyl (C=O) groups excluding carboxylic acids is 2. The zero-order valence-electron chi connectivity index (χ0n) is 15.5. The molecule has 29 heavy (non-hydrogen) atoms. The van der Waals surface area contributed by atoms with Gasteiger partial charge in [-0.15, -0.1) is 11.3 Å². The molecule has 0 aliphatic heterocycles. The Morgan fingerprint density at radius 2 is 2.03 bits per heavy atom. The number of esters is 1. The number of hydrogen-bond donors (Lipinski definition) is 2. The van der Waals surface area contributed by atoms with Crippen LogP contribution in [0.15, 0.2) is 60.1 Å². The van der Waals surface area contributed by atoms with E-state index in [2.05, 4.69) is 20.0 Å². The predicted octanol–water partition coefficient (Wildman–Crippen LogP) is 4.10. The Morgan fingerprint density at radius 3 is 2.90 bits per heavy atom. The van der Waals surface area contributed by atoms with Gasteiger partial charge in [-0.05, 0) is 24.3 Å². The van der Waals surface area contributed by atoms with Gasteiger partial charge >= 0.3 is 5.97 Å². The lowest BCUT2D eigenvalue weighted by Gasteiger charge is -2.07. The molecule has 2 aromatic carbocycles. The maximum absolute atomic E-state index is 12.6. The Kier molecular flexibility index (Phi) is 5.26. The third-order valence-corrected chi connectivity index (χ3v) is 5.03. The molecule has 8 heteroatoms. The summed E-state index contributed by atoms with van der Waals surface area (Å²) in [5.74, 6) is -0.400. The molecule has 0 radical (unpaired) electrons. The second-order valence-corrected chi connectivity index (χ2v) is 6.99. The molecule has 4 aromatic rings. The molecule has 146 valence electrons.